The van der Waals surface area contributed by atoms with Crippen LogP contribution in [0.25, 0.3) is 0 Å². The Morgan fingerprint density at radius 2 is 2.00 bits per heavy atom. The van der Waals surface area contributed by atoms with E-state index in [0.29, 0.717) is 6.04 Å². The summed E-state index contributed by atoms with van der Waals surface area (Å²) < 4.78 is 0. The maximum Gasteiger partial charge on any atom is 0.0199 e. The summed E-state index contributed by atoms with van der Waals surface area (Å²) in [6.45, 7) is 7.27. The topological polar surface area (TPSA) is 24.1 Å². The normalized spacial score (nSPS) is 10.7. The summed E-state index contributed by atoms with van der Waals surface area (Å²) in [5.74, 6) is 0. The van der Waals surface area contributed by atoms with Crippen LogP contribution in [0.15, 0.2) is 12.4 Å². The fraction of sp³-hybridized carbons (Fsp3) is 0.714. The van der Waals surface area contributed by atoms with Gasteiger partial charge in [0.05, 0.1) is 0 Å². The zero-order valence-electron chi connectivity index (χ0n) is 6.44. The first-order chi connectivity index (χ1) is 4.27. The molecule has 2 nitrogen and oxygen atoms in total. The van der Waals surface area contributed by atoms with Gasteiger partial charge >= 0.3 is 0 Å². The van der Waals surface area contributed by atoms with Crippen LogP contribution in [-0.2, 0) is 0 Å². The number of rotatable bonds is 4. The molecule has 0 aliphatic carbocycles. The Morgan fingerprint density at radius 1 is 1.33 bits per heavy atom. The molecule has 0 fully saturated rings. The van der Waals surface area contributed by atoms with Crippen molar-refractivity contribution in [1.29, 1.82) is 0 Å². The van der Waals surface area contributed by atoms with E-state index < -0.39 is 0 Å². The average Bonchev–Trinajstić information content (AvgIpc) is 1.80. The predicted molar refractivity (Wildman–Crippen MR) is 41.1 cm³/mol. The third-order valence-corrected chi connectivity index (χ3v) is 0.835. The van der Waals surface area contributed by atoms with Crippen molar-refractivity contribution in [1.82, 2.24) is 10.6 Å². The standard InChI is InChI=1S/C7H16N2/c1-4-8-5-6-9-7(2)3/h5-9H,4H2,1-3H3/b6-5-. The summed E-state index contributed by atoms with van der Waals surface area (Å²) in [5.41, 5.74) is 0. The van der Waals surface area contributed by atoms with Gasteiger partial charge in [-0.2, -0.15) is 0 Å². The molecule has 0 aliphatic rings. The van der Waals surface area contributed by atoms with Crippen LogP contribution in [-0.4, -0.2) is 12.6 Å². The van der Waals surface area contributed by atoms with Gasteiger partial charge in [-0.25, -0.2) is 0 Å². The van der Waals surface area contributed by atoms with Crippen LogP contribution in [0.4, 0.5) is 0 Å². The molecule has 0 aromatic rings. The third kappa shape index (κ3) is 7.34. The van der Waals surface area contributed by atoms with Crippen molar-refractivity contribution in [2.75, 3.05) is 6.54 Å². The highest BCUT2D eigenvalue weighted by molar-refractivity contribution is 4.77. The maximum atomic E-state index is 3.14. The molecular weight excluding hydrogens is 112 g/mol. The van der Waals surface area contributed by atoms with Gasteiger partial charge in [0.2, 0.25) is 0 Å². The van der Waals surface area contributed by atoms with Crippen molar-refractivity contribution in [2.45, 2.75) is 26.8 Å². The molecule has 0 heterocycles. The highest BCUT2D eigenvalue weighted by Gasteiger charge is 1.81. The van der Waals surface area contributed by atoms with Crippen LogP contribution in [0, 0.1) is 0 Å². The second-order valence-electron chi connectivity index (χ2n) is 2.21. The first-order valence-corrected chi connectivity index (χ1v) is 3.41. The lowest BCUT2D eigenvalue weighted by molar-refractivity contribution is 0.697. The molecule has 0 amide bonds. The molecule has 0 unspecified atom stereocenters. The van der Waals surface area contributed by atoms with Gasteiger partial charge in [0.25, 0.3) is 0 Å². The van der Waals surface area contributed by atoms with E-state index in [9.17, 15) is 0 Å². The molecule has 0 aromatic heterocycles. The van der Waals surface area contributed by atoms with Crippen molar-refractivity contribution in [3.63, 3.8) is 0 Å². The van der Waals surface area contributed by atoms with E-state index in [4.69, 9.17) is 0 Å². The molecule has 2 heteroatoms. The summed E-state index contributed by atoms with van der Waals surface area (Å²) >= 11 is 0. The van der Waals surface area contributed by atoms with Crippen molar-refractivity contribution in [3.05, 3.63) is 12.4 Å². The first kappa shape index (κ1) is 8.34. The van der Waals surface area contributed by atoms with E-state index in [1.807, 2.05) is 12.4 Å². The minimum atomic E-state index is 0.528. The molecule has 0 aromatic carbocycles. The fourth-order valence-electron chi connectivity index (χ4n) is 0.417. The van der Waals surface area contributed by atoms with Crippen LogP contribution < -0.4 is 10.6 Å². The van der Waals surface area contributed by atoms with Crippen LogP contribution in [0.2, 0.25) is 0 Å². The SMILES string of the molecule is CCN/C=C\NC(C)C. The van der Waals surface area contributed by atoms with E-state index >= 15 is 0 Å². The van der Waals surface area contributed by atoms with Gasteiger partial charge in [-0.3, -0.25) is 0 Å². The highest BCUT2D eigenvalue weighted by atomic mass is 14.9. The summed E-state index contributed by atoms with van der Waals surface area (Å²) in [5, 5.41) is 6.20. The molecule has 0 spiro atoms. The van der Waals surface area contributed by atoms with Gasteiger partial charge in [-0.1, -0.05) is 0 Å². The van der Waals surface area contributed by atoms with Gasteiger partial charge in [0.1, 0.15) is 0 Å². The van der Waals surface area contributed by atoms with Gasteiger partial charge < -0.3 is 10.6 Å². The molecule has 54 valence electrons. The van der Waals surface area contributed by atoms with Gasteiger partial charge in [0, 0.05) is 25.0 Å². The average molecular weight is 128 g/mol. The largest absolute Gasteiger partial charge is 0.390 e. The Kier molecular flexibility index (Phi) is 5.07. The van der Waals surface area contributed by atoms with Crippen molar-refractivity contribution >= 4 is 0 Å². The van der Waals surface area contributed by atoms with Crippen LogP contribution in [0.1, 0.15) is 20.8 Å². The van der Waals surface area contributed by atoms with E-state index in [1.165, 1.54) is 0 Å². The number of nitrogens with one attached hydrogen (secondary N) is 2. The highest BCUT2D eigenvalue weighted by Crippen LogP contribution is 1.73. The fourth-order valence-corrected chi connectivity index (χ4v) is 0.417. The molecule has 0 saturated carbocycles. The zero-order chi connectivity index (χ0) is 7.11. The Bertz CT molecular complexity index is 77.0. The molecule has 9 heavy (non-hydrogen) atoms. The van der Waals surface area contributed by atoms with Gasteiger partial charge in [0.15, 0.2) is 0 Å². The Morgan fingerprint density at radius 3 is 2.44 bits per heavy atom. The number of hydrogen-bond acceptors (Lipinski definition) is 2. The monoisotopic (exact) mass is 128 g/mol. The maximum absolute atomic E-state index is 3.14. The Labute approximate surface area is 57.3 Å². The number of hydrogen-bond donors (Lipinski definition) is 2. The van der Waals surface area contributed by atoms with Crippen molar-refractivity contribution in [3.8, 4) is 0 Å². The molecule has 2 N–H and O–H groups in total. The van der Waals surface area contributed by atoms with Gasteiger partial charge in [-0.05, 0) is 20.8 Å². The van der Waals surface area contributed by atoms with Crippen LogP contribution in [0.3, 0.4) is 0 Å². The van der Waals surface area contributed by atoms with E-state index in [1.54, 1.807) is 0 Å². The third-order valence-electron chi connectivity index (χ3n) is 0.835. The molecule has 0 radical (unpaired) electrons. The van der Waals surface area contributed by atoms with Crippen molar-refractivity contribution in [2.24, 2.45) is 0 Å². The Balaban J connectivity index is 3.04. The lowest BCUT2D eigenvalue weighted by Crippen LogP contribution is -2.16. The van der Waals surface area contributed by atoms with Crippen molar-refractivity contribution < 1.29 is 0 Å². The predicted octanol–water partition coefficient (Wildman–Crippen LogP) is 1.07. The smallest absolute Gasteiger partial charge is 0.0199 e. The molecule has 0 aliphatic heterocycles. The van der Waals surface area contributed by atoms with Crippen LogP contribution in [0.5, 0.6) is 0 Å². The molecule has 0 saturated heterocycles. The first-order valence-electron chi connectivity index (χ1n) is 3.41. The molecular formula is C7H16N2. The lowest BCUT2D eigenvalue weighted by Gasteiger charge is -2.02. The van der Waals surface area contributed by atoms with Crippen LogP contribution >= 0.6 is 0 Å². The molecule has 0 bridgehead atoms. The minimum absolute atomic E-state index is 0.528. The van der Waals surface area contributed by atoms with E-state index in [2.05, 4.69) is 31.4 Å². The summed E-state index contributed by atoms with van der Waals surface area (Å²) in [6.07, 6.45) is 3.84. The quantitative estimate of drug-likeness (QED) is 0.591. The minimum Gasteiger partial charge on any atom is -0.390 e. The Hall–Kier alpha value is -0.660. The van der Waals surface area contributed by atoms with E-state index in [0.717, 1.165) is 6.54 Å². The lowest BCUT2D eigenvalue weighted by atomic mass is 10.4. The van der Waals surface area contributed by atoms with E-state index in [-0.39, 0.29) is 0 Å². The summed E-state index contributed by atoms with van der Waals surface area (Å²) in [4.78, 5) is 0. The molecule has 0 rings (SSSR count). The summed E-state index contributed by atoms with van der Waals surface area (Å²) in [6, 6.07) is 0.528. The second kappa shape index (κ2) is 5.48. The van der Waals surface area contributed by atoms with Gasteiger partial charge in [-0.15, -0.1) is 0 Å². The zero-order valence-corrected chi connectivity index (χ0v) is 6.44. The second-order valence-corrected chi connectivity index (χ2v) is 2.21. The molecule has 0 atom stereocenters. The summed E-state index contributed by atoms with van der Waals surface area (Å²) in [7, 11) is 0.